The normalized spacial score (nSPS) is 16.5. The van der Waals surface area contributed by atoms with Gasteiger partial charge in [-0.25, -0.2) is 4.98 Å². The number of aliphatic hydroxyl groups excluding tert-OH is 1. The van der Waals surface area contributed by atoms with Crippen molar-refractivity contribution in [2.75, 3.05) is 12.0 Å². The van der Waals surface area contributed by atoms with Gasteiger partial charge in [-0.15, -0.1) is 11.3 Å². The zero-order chi connectivity index (χ0) is 20.7. The maximum absolute atomic E-state index is 11.3. The Morgan fingerprint density at radius 2 is 1.67 bits per heavy atom. The van der Waals surface area contributed by atoms with E-state index >= 15 is 0 Å². The number of aliphatic hydroxyl groups is 1. The Balaban J connectivity index is 1.66. The summed E-state index contributed by atoms with van der Waals surface area (Å²) in [6.45, 7) is 0. The highest BCUT2D eigenvalue weighted by Crippen LogP contribution is 2.45. The summed E-state index contributed by atoms with van der Waals surface area (Å²) >= 11 is 1.49. The molecule has 0 amide bonds. The van der Waals surface area contributed by atoms with Crippen molar-refractivity contribution in [1.29, 1.82) is 5.41 Å². The lowest BCUT2D eigenvalue weighted by molar-refractivity contribution is 0.379. The van der Waals surface area contributed by atoms with Crippen LogP contribution in [0.15, 0.2) is 84.6 Å². The molecule has 0 bridgehead atoms. The lowest BCUT2D eigenvalue weighted by Crippen LogP contribution is -2.29. The summed E-state index contributed by atoms with van der Waals surface area (Å²) in [4.78, 5) is 6.53. The Bertz CT molecular complexity index is 1230. The number of rotatable bonds is 4. The van der Waals surface area contributed by atoms with Crippen LogP contribution in [-0.4, -0.2) is 23.0 Å². The minimum Gasteiger partial charge on any atom is -0.509 e. The highest BCUT2D eigenvalue weighted by Gasteiger charge is 2.40. The number of fused-ring (bicyclic) bond motifs is 1. The average Bonchev–Trinajstić information content (AvgIpc) is 3.32. The van der Waals surface area contributed by atoms with Gasteiger partial charge in [0.15, 0.2) is 0 Å². The third kappa shape index (κ3) is 2.93. The van der Waals surface area contributed by atoms with Gasteiger partial charge >= 0.3 is 0 Å². The first kappa shape index (κ1) is 18.4. The summed E-state index contributed by atoms with van der Waals surface area (Å²) in [5.41, 5.74) is 3.05. The first-order valence-electron chi connectivity index (χ1n) is 9.53. The number of hydrogen-bond acceptors (Lipinski definition) is 5. The number of thiazole rings is 1. The van der Waals surface area contributed by atoms with Gasteiger partial charge in [0.05, 0.1) is 22.9 Å². The molecule has 0 fully saturated rings. The Hall–Kier alpha value is -3.64. The third-order valence-corrected chi connectivity index (χ3v) is 6.28. The van der Waals surface area contributed by atoms with E-state index in [0.29, 0.717) is 10.6 Å². The molecule has 1 aliphatic rings. The molecule has 0 spiro atoms. The van der Waals surface area contributed by atoms with Crippen LogP contribution in [0.5, 0.6) is 5.75 Å². The van der Waals surface area contributed by atoms with Gasteiger partial charge in [0.2, 0.25) is 0 Å². The standard InChI is InChI=1S/C24H19N3O2S/c1-29-17-13-11-16(12-14-17)27-21(15-7-3-2-4-8-15)22(28)20(23(27)25)24-26-18-9-5-6-10-19(18)30-24/h2-14,21,25,28H,1H3/t21-/m0/s1. The van der Waals surface area contributed by atoms with Crippen LogP contribution in [0.1, 0.15) is 16.6 Å². The fourth-order valence-corrected chi connectivity index (χ4v) is 4.80. The molecule has 0 saturated heterocycles. The molecule has 4 aromatic rings. The lowest BCUT2D eigenvalue weighted by atomic mass is 10.0. The molecule has 2 N–H and O–H groups in total. The van der Waals surface area contributed by atoms with Crippen molar-refractivity contribution in [3.8, 4) is 5.75 Å². The second-order valence-electron chi connectivity index (χ2n) is 6.98. The lowest BCUT2D eigenvalue weighted by Gasteiger charge is -2.27. The Morgan fingerprint density at radius 3 is 2.37 bits per heavy atom. The van der Waals surface area contributed by atoms with E-state index in [0.717, 1.165) is 27.2 Å². The minimum atomic E-state index is -0.492. The Labute approximate surface area is 178 Å². The summed E-state index contributed by atoms with van der Waals surface area (Å²) in [7, 11) is 1.62. The molecular weight excluding hydrogens is 394 g/mol. The fraction of sp³-hybridized carbons (Fsp3) is 0.0833. The van der Waals surface area contributed by atoms with Crippen LogP contribution in [0, 0.1) is 5.41 Å². The molecule has 1 aromatic heterocycles. The van der Waals surface area contributed by atoms with E-state index in [1.54, 1.807) is 7.11 Å². The maximum Gasteiger partial charge on any atom is 0.140 e. The summed E-state index contributed by atoms with van der Waals surface area (Å²) in [5.74, 6) is 1.11. The van der Waals surface area contributed by atoms with E-state index in [4.69, 9.17) is 15.1 Å². The molecule has 0 radical (unpaired) electrons. The number of ether oxygens (including phenoxy) is 1. The number of aromatic nitrogens is 1. The number of hydrogen-bond donors (Lipinski definition) is 2. The van der Waals surface area contributed by atoms with Gasteiger partial charge in [0.1, 0.15) is 28.4 Å². The van der Waals surface area contributed by atoms with Crippen molar-refractivity contribution in [3.05, 3.63) is 95.2 Å². The molecule has 6 heteroatoms. The van der Waals surface area contributed by atoms with E-state index < -0.39 is 6.04 Å². The molecular formula is C24H19N3O2S. The van der Waals surface area contributed by atoms with Crippen LogP contribution >= 0.6 is 11.3 Å². The monoisotopic (exact) mass is 413 g/mol. The van der Waals surface area contributed by atoms with Gasteiger partial charge in [0, 0.05) is 5.69 Å². The predicted molar refractivity (Wildman–Crippen MR) is 122 cm³/mol. The molecule has 5 rings (SSSR count). The number of anilines is 1. The summed E-state index contributed by atoms with van der Waals surface area (Å²) < 4.78 is 6.30. The molecule has 1 aliphatic heterocycles. The average molecular weight is 414 g/mol. The zero-order valence-corrected chi connectivity index (χ0v) is 17.1. The molecule has 0 aliphatic carbocycles. The summed E-state index contributed by atoms with van der Waals surface area (Å²) in [6, 6.07) is 24.6. The van der Waals surface area contributed by atoms with Crippen molar-refractivity contribution in [2.24, 2.45) is 0 Å². The number of nitrogens with zero attached hydrogens (tertiary/aromatic N) is 2. The van der Waals surface area contributed by atoms with Crippen LogP contribution in [0.2, 0.25) is 0 Å². The number of methoxy groups -OCH3 is 1. The highest BCUT2D eigenvalue weighted by molar-refractivity contribution is 7.19. The van der Waals surface area contributed by atoms with Crippen molar-refractivity contribution >= 4 is 38.6 Å². The molecule has 1 atom stereocenters. The molecule has 3 aromatic carbocycles. The van der Waals surface area contributed by atoms with E-state index in [1.165, 1.54) is 11.3 Å². The second-order valence-corrected chi connectivity index (χ2v) is 8.01. The van der Waals surface area contributed by atoms with E-state index in [1.807, 2.05) is 83.8 Å². The maximum atomic E-state index is 11.3. The smallest absolute Gasteiger partial charge is 0.140 e. The fourth-order valence-electron chi connectivity index (χ4n) is 3.78. The zero-order valence-electron chi connectivity index (χ0n) is 16.2. The number of amidine groups is 1. The minimum absolute atomic E-state index is 0.140. The van der Waals surface area contributed by atoms with Crippen molar-refractivity contribution < 1.29 is 9.84 Å². The van der Waals surface area contributed by atoms with Gasteiger partial charge < -0.3 is 14.7 Å². The van der Waals surface area contributed by atoms with Crippen molar-refractivity contribution in [3.63, 3.8) is 0 Å². The molecule has 148 valence electrons. The first-order valence-corrected chi connectivity index (χ1v) is 10.4. The van der Waals surface area contributed by atoms with Gasteiger partial charge in [0.25, 0.3) is 0 Å². The highest BCUT2D eigenvalue weighted by atomic mass is 32.1. The molecule has 0 unspecified atom stereocenters. The third-order valence-electron chi connectivity index (χ3n) is 5.22. The Morgan fingerprint density at radius 1 is 0.967 bits per heavy atom. The molecule has 0 saturated carbocycles. The van der Waals surface area contributed by atoms with E-state index in [2.05, 4.69) is 0 Å². The van der Waals surface area contributed by atoms with Gasteiger partial charge in [-0.2, -0.15) is 0 Å². The number of nitrogens with one attached hydrogen (secondary N) is 1. The Kier molecular flexibility index (Phi) is 4.48. The largest absolute Gasteiger partial charge is 0.509 e. The number of para-hydroxylation sites is 1. The van der Waals surface area contributed by atoms with Crippen LogP contribution in [-0.2, 0) is 0 Å². The molecule has 2 heterocycles. The van der Waals surface area contributed by atoms with Gasteiger partial charge in [-0.3, -0.25) is 5.41 Å². The number of benzene rings is 3. The van der Waals surface area contributed by atoms with Crippen LogP contribution < -0.4 is 9.64 Å². The van der Waals surface area contributed by atoms with Gasteiger partial charge in [-0.1, -0.05) is 42.5 Å². The molecule has 5 nitrogen and oxygen atoms in total. The van der Waals surface area contributed by atoms with Crippen molar-refractivity contribution in [2.45, 2.75) is 6.04 Å². The van der Waals surface area contributed by atoms with Crippen molar-refractivity contribution in [1.82, 2.24) is 4.98 Å². The van der Waals surface area contributed by atoms with E-state index in [-0.39, 0.29) is 11.6 Å². The quantitative estimate of drug-likeness (QED) is 0.443. The summed E-state index contributed by atoms with van der Waals surface area (Å²) in [6.07, 6.45) is 0. The van der Waals surface area contributed by atoms with Crippen LogP contribution in [0.25, 0.3) is 15.8 Å². The first-order chi connectivity index (χ1) is 14.7. The topological polar surface area (TPSA) is 69.4 Å². The SMILES string of the molecule is COc1ccc(N2C(=N)C(c3nc4ccccc4s3)=C(O)[C@@H]2c2ccccc2)cc1. The van der Waals surface area contributed by atoms with Gasteiger partial charge in [-0.05, 0) is 42.0 Å². The van der Waals surface area contributed by atoms with E-state index in [9.17, 15) is 5.11 Å². The van der Waals surface area contributed by atoms with Crippen LogP contribution in [0.4, 0.5) is 5.69 Å². The van der Waals surface area contributed by atoms with Crippen LogP contribution in [0.3, 0.4) is 0 Å². The molecule has 30 heavy (non-hydrogen) atoms. The summed E-state index contributed by atoms with van der Waals surface area (Å²) in [5, 5.41) is 20.9. The second kappa shape index (κ2) is 7.31. The predicted octanol–water partition coefficient (Wildman–Crippen LogP) is 5.81.